The first kappa shape index (κ1) is 6.36. The molecule has 0 aromatic rings. The SMILES string of the molecule is CCC(C)C#C[O]. The van der Waals surface area contributed by atoms with Crippen LogP contribution in [0.1, 0.15) is 20.3 Å². The van der Waals surface area contributed by atoms with Gasteiger partial charge in [0.1, 0.15) is 0 Å². The van der Waals surface area contributed by atoms with Crippen molar-refractivity contribution in [2.24, 2.45) is 5.92 Å². The highest BCUT2D eigenvalue weighted by molar-refractivity contribution is 4.93. The van der Waals surface area contributed by atoms with Crippen LogP contribution >= 0.6 is 0 Å². The summed E-state index contributed by atoms with van der Waals surface area (Å²) in [5, 5.41) is 9.54. The van der Waals surface area contributed by atoms with Crippen LogP contribution in [0.3, 0.4) is 0 Å². The summed E-state index contributed by atoms with van der Waals surface area (Å²) in [5.74, 6) is 2.77. The van der Waals surface area contributed by atoms with Crippen LogP contribution in [-0.4, -0.2) is 0 Å². The monoisotopic (exact) mass is 97.1 g/mol. The van der Waals surface area contributed by atoms with E-state index >= 15 is 0 Å². The third-order valence-electron chi connectivity index (χ3n) is 0.918. The maximum atomic E-state index is 9.54. The van der Waals surface area contributed by atoms with Crippen LogP contribution in [0.4, 0.5) is 0 Å². The Kier molecular flexibility index (Phi) is 3.22. The van der Waals surface area contributed by atoms with Crippen LogP contribution in [0.15, 0.2) is 0 Å². The molecule has 0 saturated heterocycles. The molecule has 1 atom stereocenters. The Morgan fingerprint density at radius 1 is 1.71 bits per heavy atom. The van der Waals surface area contributed by atoms with Gasteiger partial charge in [-0.1, -0.05) is 19.8 Å². The van der Waals surface area contributed by atoms with Crippen LogP contribution in [-0.2, 0) is 5.11 Å². The molecule has 0 N–H and O–H groups in total. The third kappa shape index (κ3) is 3.18. The first-order valence-electron chi connectivity index (χ1n) is 2.44. The average molecular weight is 97.1 g/mol. The highest BCUT2D eigenvalue weighted by Gasteiger charge is 1.87. The van der Waals surface area contributed by atoms with E-state index in [4.69, 9.17) is 0 Å². The molecule has 7 heavy (non-hydrogen) atoms. The second-order valence-electron chi connectivity index (χ2n) is 1.56. The highest BCUT2D eigenvalue weighted by Crippen LogP contribution is 1.95. The molecular weight excluding hydrogens is 88.1 g/mol. The summed E-state index contributed by atoms with van der Waals surface area (Å²) >= 11 is 0. The fourth-order valence-corrected chi connectivity index (χ4v) is 0.203. The van der Waals surface area contributed by atoms with Gasteiger partial charge in [0, 0.05) is 5.92 Å². The van der Waals surface area contributed by atoms with Gasteiger partial charge in [-0.25, -0.2) is 5.11 Å². The van der Waals surface area contributed by atoms with Gasteiger partial charge in [-0.15, -0.1) is 0 Å². The Morgan fingerprint density at radius 3 is 2.43 bits per heavy atom. The molecule has 0 aromatic carbocycles. The first-order chi connectivity index (χ1) is 3.31. The molecule has 1 unspecified atom stereocenters. The van der Waals surface area contributed by atoms with Gasteiger partial charge in [-0.05, 0) is 6.42 Å². The maximum Gasteiger partial charge on any atom is 0.172 e. The Hall–Kier alpha value is -0.640. The molecule has 0 rings (SSSR count). The van der Waals surface area contributed by atoms with Crippen molar-refractivity contribution in [1.29, 1.82) is 0 Å². The third-order valence-corrected chi connectivity index (χ3v) is 0.918. The lowest BCUT2D eigenvalue weighted by Crippen LogP contribution is -1.83. The Morgan fingerprint density at radius 2 is 2.29 bits per heavy atom. The van der Waals surface area contributed by atoms with Gasteiger partial charge in [-0.3, -0.25) is 0 Å². The minimum Gasteiger partial charge on any atom is -0.224 e. The number of rotatable bonds is 1. The summed E-state index contributed by atoms with van der Waals surface area (Å²) in [7, 11) is 0. The molecule has 0 aliphatic heterocycles. The fourth-order valence-electron chi connectivity index (χ4n) is 0.203. The molecule has 0 bridgehead atoms. The summed E-state index contributed by atoms with van der Waals surface area (Å²) in [6.07, 6.45) is 2.59. The van der Waals surface area contributed by atoms with E-state index in [0.717, 1.165) is 6.42 Å². The predicted octanol–water partition coefficient (Wildman–Crippen LogP) is 1.42. The van der Waals surface area contributed by atoms with Crippen molar-refractivity contribution in [2.75, 3.05) is 0 Å². The van der Waals surface area contributed by atoms with Crippen molar-refractivity contribution in [3.8, 4) is 12.0 Å². The first-order valence-corrected chi connectivity index (χ1v) is 2.44. The van der Waals surface area contributed by atoms with Gasteiger partial charge < -0.3 is 0 Å². The zero-order chi connectivity index (χ0) is 5.70. The van der Waals surface area contributed by atoms with Gasteiger partial charge in [0.2, 0.25) is 0 Å². The zero-order valence-electron chi connectivity index (χ0n) is 4.69. The maximum absolute atomic E-state index is 9.54. The molecule has 0 aliphatic rings. The molecule has 0 amide bonds. The molecule has 0 aliphatic carbocycles. The van der Waals surface area contributed by atoms with Gasteiger partial charge in [0.05, 0.1) is 0 Å². The standard InChI is InChI=1S/C6H9O/c1-3-6(2)4-5-7/h6H,3H2,1-2H3. The minimum absolute atomic E-state index is 0.275. The zero-order valence-corrected chi connectivity index (χ0v) is 4.69. The lowest BCUT2D eigenvalue weighted by atomic mass is 10.1. The summed E-state index contributed by atoms with van der Waals surface area (Å²) in [4.78, 5) is 0. The molecular formula is C6H9O. The van der Waals surface area contributed by atoms with E-state index < -0.39 is 0 Å². The van der Waals surface area contributed by atoms with Crippen LogP contribution in [0.5, 0.6) is 0 Å². The topological polar surface area (TPSA) is 19.9 Å². The molecule has 39 valence electrons. The van der Waals surface area contributed by atoms with Crippen LogP contribution in [0.25, 0.3) is 0 Å². The molecule has 0 spiro atoms. The normalized spacial score (nSPS) is 11.7. The summed E-state index contributed by atoms with van der Waals surface area (Å²) in [5.41, 5.74) is 0. The van der Waals surface area contributed by atoms with Gasteiger partial charge >= 0.3 is 0 Å². The van der Waals surface area contributed by atoms with E-state index in [1.807, 2.05) is 13.8 Å². The lowest BCUT2D eigenvalue weighted by Gasteiger charge is -1.90. The average Bonchev–Trinajstić information content (AvgIpc) is 1.68. The Labute approximate surface area is 44.4 Å². The molecule has 0 heterocycles. The molecule has 0 saturated carbocycles. The van der Waals surface area contributed by atoms with Gasteiger partial charge in [0.15, 0.2) is 6.11 Å². The quantitative estimate of drug-likeness (QED) is 0.441. The second kappa shape index (κ2) is 3.55. The van der Waals surface area contributed by atoms with E-state index in [2.05, 4.69) is 5.92 Å². The van der Waals surface area contributed by atoms with E-state index in [0.29, 0.717) is 0 Å². The largest absolute Gasteiger partial charge is 0.224 e. The summed E-state index contributed by atoms with van der Waals surface area (Å²) in [6, 6.07) is 0. The smallest absolute Gasteiger partial charge is 0.172 e. The minimum atomic E-state index is 0.275. The van der Waals surface area contributed by atoms with Crippen molar-refractivity contribution in [3.63, 3.8) is 0 Å². The van der Waals surface area contributed by atoms with Crippen LogP contribution < -0.4 is 0 Å². The molecule has 0 fully saturated rings. The number of hydrogen-bond acceptors (Lipinski definition) is 0. The lowest BCUT2D eigenvalue weighted by molar-refractivity contribution is 0.389. The van der Waals surface area contributed by atoms with Crippen molar-refractivity contribution in [3.05, 3.63) is 0 Å². The van der Waals surface area contributed by atoms with Crippen LogP contribution in [0, 0.1) is 17.9 Å². The Bertz CT molecular complexity index is 86.1. The van der Waals surface area contributed by atoms with Crippen molar-refractivity contribution in [2.45, 2.75) is 20.3 Å². The van der Waals surface area contributed by atoms with Crippen molar-refractivity contribution < 1.29 is 5.11 Å². The fraction of sp³-hybridized carbons (Fsp3) is 0.667. The van der Waals surface area contributed by atoms with Gasteiger partial charge in [-0.2, -0.15) is 0 Å². The van der Waals surface area contributed by atoms with E-state index in [1.165, 1.54) is 0 Å². The van der Waals surface area contributed by atoms with Crippen molar-refractivity contribution in [1.82, 2.24) is 0 Å². The Balaban J connectivity index is 3.29. The molecule has 1 heteroatoms. The molecule has 1 nitrogen and oxygen atoms in total. The predicted molar refractivity (Wildman–Crippen MR) is 27.9 cm³/mol. The van der Waals surface area contributed by atoms with E-state index in [9.17, 15) is 5.11 Å². The van der Waals surface area contributed by atoms with Crippen molar-refractivity contribution >= 4 is 0 Å². The second-order valence-corrected chi connectivity index (χ2v) is 1.56. The molecule has 1 radical (unpaired) electrons. The van der Waals surface area contributed by atoms with Gasteiger partial charge in [0.25, 0.3) is 0 Å². The van der Waals surface area contributed by atoms with Crippen LogP contribution in [0.2, 0.25) is 0 Å². The highest BCUT2D eigenvalue weighted by atomic mass is 16.2. The van der Waals surface area contributed by atoms with E-state index in [-0.39, 0.29) is 5.92 Å². The molecule has 0 aromatic heterocycles. The summed E-state index contributed by atoms with van der Waals surface area (Å²) in [6.45, 7) is 3.94. The number of hydrogen-bond donors (Lipinski definition) is 0. The van der Waals surface area contributed by atoms with E-state index in [1.54, 1.807) is 6.11 Å². The summed E-state index contributed by atoms with van der Waals surface area (Å²) < 4.78 is 0.